The molecular formula is C26H33N3O. The molecule has 3 aromatic rings. The maximum Gasteiger partial charge on any atom is 0.254 e. The van der Waals surface area contributed by atoms with Crippen molar-refractivity contribution in [1.82, 2.24) is 14.8 Å². The molecule has 1 aromatic heterocycles. The van der Waals surface area contributed by atoms with Gasteiger partial charge in [0.15, 0.2) is 0 Å². The smallest absolute Gasteiger partial charge is 0.254 e. The van der Waals surface area contributed by atoms with Gasteiger partial charge in [-0.2, -0.15) is 0 Å². The molecule has 4 nitrogen and oxygen atoms in total. The Hall–Kier alpha value is -2.59. The van der Waals surface area contributed by atoms with Gasteiger partial charge >= 0.3 is 0 Å². The van der Waals surface area contributed by atoms with E-state index in [0.717, 1.165) is 51.0 Å². The fourth-order valence-electron chi connectivity index (χ4n) is 4.58. The van der Waals surface area contributed by atoms with Crippen LogP contribution in [0.4, 0.5) is 0 Å². The van der Waals surface area contributed by atoms with Gasteiger partial charge in [0, 0.05) is 42.3 Å². The van der Waals surface area contributed by atoms with Crippen LogP contribution in [0.2, 0.25) is 0 Å². The molecule has 0 radical (unpaired) electrons. The van der Waals surface area contributed by atoms with Gasteiger partial charge in [-0.25, -0.2) is 0 Å². The van der Waals surface area contributed by atoms with E-state index in [1.807, 2.05) is 11.0 Å². The first-order valence-corrected chi connectivity index (χ1v) is 11.1. The number of carbonyl (C=O) groups is 1. The summed E-state index contributed by atoms with van der Waals surface area (Å²) in [7, 11) is 2.18. The second-order valence-corrected chi connectivity index (χ2v) is 8.85. The molecule has 1 aliphatic rings. The van der Waals surface area contributed by atoms with E-state index in [2.05, 4.69) is 68.2 Å². The van der Waals surface area contributed by atoms with Crippen molar-refractivity contribution in [2.75, 3.05) is 33.2 Å². The van der Waals surface area contributed by atoms with Crippen LogP contribution in [0.5, 0.6) is 0 Å². The molecule has 0 saturated carbocycles. The van der Waals surface area contributed by atoms with Crippen LogP contribution in [0.15, 0.2) is 36.5 Å². The van der Waals surface area contributed by atoms with Crippen LogP contribution in [-0.2, 0) is 12.8 Å². The highest BCUT2D eigenvalue weighted by molar-refractivity contribution is 5.97. The fourth-order valence-corrected chi connectivity index (χ4v) is 4.58. The van der Waals surface area contributed by atoms with Gasteiger partial charge in [0.2, 0.25) is 0 Å². The quantitative estimate of drug-likeness (QED) is 0.623. The minimum absolute atomic E-state index is 0.205. The second-order valence-electron chi connectivity index (χ2n) is 8.85. The van der Waals surface area contributed by atoms with Gasteiger partial charge < -0.3 is 14.8 Å². The summed E-state index contributed by atoms with van der Waals surface area (Å²) in [6, 6.07) is 10.7. The molecule has 1 amide bonds. The summed E-state index contributed by atoms with van der Waals surface area (Å²) in [4.78, 5) is 20.7. The van der Waals surface area contributed by atoms with Crippen LogP contribution in [0.1, 0.15) is 44.6 Å². The lowest BCUT2D eigenvalue weighted by molar-refractivity contribution is 0.0733. The Bertz CT molecular complexity index is 1070. The van der Waals surface area contributed by atoms with Crippen LogP contribution in [0, 0.1) is 20.8 Å². The first kappa shape index (κ1) is 20.7. The highest BCUT2D eigenvalue weighted by atomic mass is 16.2. The highest BCUT2D eigenvalue weighted by Gasteiger charge is 2.25. The number of benzene rings is 2. The first-order valence-electron chi connectivity index (χ1n) is 11.1. The third-order valence-corrected chi connectivity index (χ3v) is 6.67. The van der Waals surface area contributed by atoms with E-state index in [1.165, 1.54) is 38.7 Å². The summed E-state index contributed by atoms with van der Waals surface area (Å²) in [6.45, 7) is 10.1. The molecule has 4 rings (SSSR count). The molecule has 0 fully saturated rings. The average molecular weight is 404 g/mol. The Kier molecular flexibility index (Phi) is 5.96. The van der Waals surface area contributed by atoms with Gasteiger partial charge in [-0.15, -0.1) is 0 Å². The number of likely N-dealkylation sites (N-methyl/N-ethyl adjacent to an activating group) is 1. The van der Waals surface area contributed by atoms with Crippen LogP contribution < -0.4 is 0 Å². The third kappa shape index (κ3) is 4.15. The summed E-state index contributed by atoms with van der Waals surface area (Å²) in [5, 5.41) is 1.34. The SMILES string of the molecule is Cc1ccc2[nH]cc(CCN(C)CCCN3CCc4c(ccc(C)c4C)C3=O)c2c1. The predicted octanol–water partition coefficient (Wildman–Crippen LogP) is 4.66. The van der Waals surface area contributed by atoms with Crippen molar-refractivity contribution in [3.63, 3.8) is 0 Å². The number of carbonyl (C=O) groups excluding carboxylic acids is 1. The van der Waals surface area contributed by atoms with Gasteiger partial charge in [-0.3, -0.25) is 4.79 Å². The molecule has 2 aromatic carbocycles. The van der Waals surface area contributed by atoms with Crippen LogP contribution in [0.25, 0.3) is 10.9 Å². The number of H-pyrrole nitrogens is 1. The lowest BCUT2D eigenvalue weighted by Crippen LogP contribution is -2.39. The normalized spacial score (nSPS) is 14.0. The van der Waals surface area contributed by atoms with Gasteiger partial charge in [0.25, 0.3) is 5.91 Å². The number of hydrogen-bond donors (Lipinski definition) is 1. The molecule has 0 bridgehead atoms. The summed E-state index contributed by atoms with van der Waals surface area (Å²) in [6.07, 6.45) is 5.17. The maximum absolute atomic E-state index is 12.9. The van der Waals surface area contributed by atoms with E-state index in [0.29, 0.717) is 0 Å². The zero-order valence-electron chi connectivity index (χ0n) is 18.7. The van der Waals surface area contributed by atoms with E-state index in [1.54, 1.807) is 0 Å². The van der Waals surface area contributed by atoms with Crippen LogP contribution >= 0.6 is 0 Å². The minimum Gasteiger partial charge on any atom is -0.361 e. The number of nitrogens with one attached hydrogen (secondary N) is 1. The molecule has 1 aliphatic heterocycles. The minimum atomic E-state index is 0.205. The topological polar surface area (TPSA) is 39.3 Å². The van der Waals surface area contributed by atoms with Crippen molar-refractivity contribution >= 4 is 16.8 Å². The molecular weight excluding hydrogens is 370 g/mol. The van der Waals surface area contributed by atoms with Gasteiger partial charge in [0.1, 0.15) is 0 Å². The number of rotatable bonds is 7. The fraction of sp³-hybridized carbons (Fsp3) is 0.423. The molecule has 158 valence electrons. The van der Waals surface area contributed by atoms with E-state index in [4.69, 9.17) is 0 Å². The van der Waals surface area contributed by atoms with Crippen LogP contribution in [0.3, 0.4) is 0 Å². The zero-order valence-corrected chi connectivity index (χ0v) is 18.7. The van der Waals surface area contributed by atoms with Crippen molar-refractivity contribution < 1.29 is 4.79 Å². The standard InChI is InChI=1S/C26H33N3O/c1-18-6-9-25-24(16-18)21(17-27-25)10-14-28(4)12-5-13-29-15-11-22-20(3)19(2)7-8-23(22)26(29)30/h6-9,16-17,27H,5,10-15H2,1-4H3. The van der Waals surface area contributed by atoms with Gasteiger partial charge in [-0.1, -0.05) is 17.7 Å². The van der Waals surface area contributed by atoms with Crippen molar-refractivity contribution in [3.8, 4) is 0 Å². The number of hydrogen-bond acceptors (Lipinski definition) is 2. The number of amides is 1. The van der Waals surface area contributed by atoms with Gasteiger partial charge in [0.05, 0.1) is 0 Å². The monoisotopic (exact) mass is 403 g/mol. The average Bonchev–Trinajstić information content (AvgIpc) is 3.13. The number of aromatic nitrogens is 1. The lowest BCUT2D eigenvalue weighted by atomic mass is 9.91. The lowest BCUT2D eigenvalue weighted by Gasteiger charge is -2.30. The number of aryl methyl sites for hydroxylation is 2. The highest BCUT2D eigenvalue weighted by Crippen LogP contribution is 2.25. The molecule has 30 heavy (non-hydrogen) atoms. The molecule has 4 heteroatoms. The van der Waals surface area contributed by atoms with E-state index in [9.17, 15) is 4.79 Å². The number of aromatic amines is 1. The summed E-state index contributed by atoms with van der Waals surface area (Å²) < 4.78 is 0. The molecule has 0 saturated heterocycles. The zero-order chi connectivity index (χ0) is 21.3. The summed E-state index contributed by atoms with van der Waals surface area (Å²) >= 11 is 0. The Labute approximate surface area is 179 Å². The summed E-state index contributed by atoms with van der Waals surface area (Å²) in [5.41, 5.74) is 8.63. The van der Waals surface area contributed by atoms with E-state index >= 15 is 0 Å². The van der Waals surface area contributed by atoms with Crippen molar-refractivity contribution in [2.24, 2.45) is 0 Å². The Morgan fingerprint density at radius 1 is 1.10 bits per heavy atom. The van der Waals surface area contributed by atoms with Crippen LogP contribution in [-0.4, -0.2) is 53.9 Å². The number of nitrogens with zero attached hydrogens (tertiary/aromatic N) is 2. The summed E-state index contributed by atoms with van der Waals surface area (Å²) in [5.74, 6) is 0.205. The Balaban J connectivity index is 1.27. The molecule has 0 aliphatic carbocycles. The molecule has 0 unspecified atom stereocenters. The Morgan fingerprint density at radius 2 is 1.93 bits per heavy atom. The third-order valence-electron chi connectivity index (χ3n) is 6.67. The molecule has 1 N–H and O–H groups in total. The molecule has 0 atom stereocenters. The second kappa shape index (κ2) is 8.65. The largest absolute Gasteiger partial charge is 0.361 e. The Morgan fingerprint density at radius 3 is 2.77 bits per heavy atom. The van der Waals surface area contributed by atoms with Crippen molar-refractivity contribution in [2.45, 2.75) is 40.0 Å². The van der Waals surface area contributed by atoms with E-state index < -0.39 is 0 Å². The van der Waals surface area contributed by atoms with Crippen molar-refractivity contribution in [3.05, 3.63) is 69.9 Å². The van der Waals surface area contributed by atoms with Gasteiger partial charge in [-0.05, 0) is 94.1 Å². The van der Waals surface area contributed by atoms with Crippen molar-refractivity contribution in [1.29, 1.82) is 0 Å². The maximum atomic E-state index is 12.9. The predicted molar refractivity (Wildman–Crippen MR) is 124 cm³/mol. The molecule has 0 spiro atoms. The molecule has 2 heterocycles. The first-order chi connectivity index (χ1) is 14.4. The number of fused-ring (bicyclic) bond motifs is 2. The van der Waals surface area contributed by atoms with E-state index in [-0.39, 0.29) is 5.91 Å².